The minimum absolute atomic E-state index is 0.388. The number of carbonyl (C=O) groups excluding carboxylic acids is 1. The Morgan fingerprint density at radius 3 is 2.62 bits per heavy atom. The van der Waals surface area contributed by atoms with Crippen molar-refractivity contribution in [3.63, 3.8) is 0 Å². The first-order valence-corrected chi connectivity index (χ1v) is 9.73. The van der Waals surface area contributed by atoms with Crippen LogP contribution >= 0.6 is 0 Å². The second-order valence-corrected chi connectivity index (χ2v) is 7.10. The Kier molecular flexibility index (Phi) is 6.85. The Hall–Kier alpha value is -2.90. The van der Waals surface area contributed by atoms with Crippen LogP contribution in [-0.4, -0.2) is 35.2 Å². The number of amides is 1. The summed E-state index contributed by atoms with van der Waals surface area (Å²) < 4.78 is 13.4. The van der Waals surface area contributed by atoms with Crippen LogP contribution < -0.4 is 15.8 Å². The van der Waals surface area contributed by atoms with Crippen LogP contribution in [0.1, 0.15) is 24.7 Å². The molecule has 1 heterocycles. The van der Waals surface area contributed by atoms with Crippen molar-refractivity contribution >= 4 is 16.9 Å². The summed E-state index contributed by atoms with van der Waals surface area (Å²) >= 11 is 0. The molecule has 1 atom stereocenters. The van der Waals surface area contributed by atoms with Gasteiger partial charge in [-0.05, 0) is 44.5 Å². The van der Waals surface area contributed by atoms with Gasteiger partial charge in [-0.3, -0.25) is 10.1 Å². The number of nitrogens with two attached hydrogens (primary N) is 1. The second-order valence-electron chi connectivity index (χ2n) is 7.10. The summed E-state index contributed by atoms with van der Waals surface area (Å²) in [6.07, 6.45) is 0.851. The molecule has 0 unspecified atom stereocenters. The molecule has 0 spiro atoms. The highest BCUT2D eigenvalue weighted by Crippen LogP contribution is 2.27. The van der Waals surface area contributed by atoms with Gasteiger partial charge in [0.25, 0.3) is 0 Å². The van der Waals surface area contributed by atoms with Crippen molar-refractivity contribution in [1.29, 1.82) is 0 Å². The molecule has 0 bridgehead atoms. The van der Waals surface area contributed by atoms with Crippen molar-refractivity contribution in [1.82, 2.24) is 14.9 Å². The maximum absolute atomic E-state index is 11.3. The number of rotatable bonds is 10. The second kappa shape index (κ2) is 9.54. The van der Waals surface area contributed by atoms with Crippen molar-refractivity contribution < 1.29 is 14.3 Å². The highest BCUT2D eigenvalue weighted by Gasteiger charge is 2.14. The number of aryl methyl sites for hydroxylation is 2. The predicted octanol–water partition coefficient (Wildman–Crippen LogP) is 3.14. The molecular weight excluding hydrogens is 368 g/mol. The lowest BCUT2D eigenvalue weighted by atomic mass is 10.2. The Labute approximate surface area is 170 Å². The SMILES string of the molecule is COCCCn1c(CN[C@@H](C)C(N)=O)nc2ccc(Oc3ccc(C)cc3)cc21. The molecule has 0 fully saturated rings. The molecule has 3 N–H and O–H groups in total. The van der Waals surface area contributed by atoms with Crippen LogP contribution in [0.5, 0.6) is 11.5 Å². The van der Waals surface area contributed by atoms with E-state index < -0.39 is 6.04 Å². The van der Waals surface area contributed by atoms with Crippen molar-refractivity contribution in [2.45, 2.75) is 39.4 Å². The molecule has 0 saturated heterocycles. The Bertz CT molecular complexity index is 966. The first kappa shape index (κ1) is 20.8. The lowest BCUT2D eigenvalue weighted by molar-refractivity contribution is -0.119. The minimum Gasteiger partial charge on any atom is -0.457 e. The molecule has 7 nitrogen and oxygen atoms in total. The molecule has 1 aromatic heterocycles. The van der Waals surface area contributed by atoms with Gasteiger partial charge in [0.05, 0.1) is 23.6 Å². The monoisotopic (exact) mass is 396 g/mol. The predicted molar refractivity (Wildman–Crippen MR) is 113 cm³/mol. The van der Waals surface area contributed by atoms with Crippen LogP contribution in [-0.2, 0) is 22.6 Å². The lowest BCUT2D eigenvalue weighted by Gasteiger charge is -2.13. The van der Waals surface area contributed by atoms with Gasteiger partial charge in [0.2, 0.25) is 5.91 Å². The van der Waals surface area contributed by atoms with Gasteiger partial charge in [-0.2, -0.15) is 0 Å². The van der Waals surface area contributed by atoms with E-state index in [-0.39, 0.29) is 5.91 Å². The number of fused-ring (bicyclic) bond motifs is 1. The average Bonchev–Trinajstić information content (AvgIpc) is 3.05. The smallest absolute Gasteiger partial charge is 0.234 e. The lowest BCUT2D eigenvalue weighted by Crippen LogP contribution is -2.38. The van der Waals surface area contributed by atoms with Crippen LogP contribution in [0.2, 0.25) is 0 Å². The molecule has 0 aliphatic rings. The number of carbonyl (C=O) groups is 1. The van der Waals surface area contributed by atoms with Gasteiger partial charge < -0.3 is 19.8 Å². The number of hydrogen-bond donors (Lipinski definition) is 2. The van der Waals surface area contributed by atoms with E-state index in [0.29, 0.717) is 13.2 Å². The van der Waals surface area contributed by atoms with Crippen LogP contribution in [0, 0.1) is 6.92 Å². The van der Waals surface area contributed by atoms with E-state index in [1.165, 1.54) is 5.56 Å². The summed E-state index contributed by atoms with van der Waals surface area (Å²) in [5.74, 6) is 1.99. The third-order valence-electron chi connectivity index (χ3n) is 4.78. The summed E-state index contributed by atoms with van der Waals surface area (Å²) in [7, 11) is 1.69. The number of primary amides is 1. The number of benzene rings is 2. The molecule has 1 amide bonds. The van der Waals surface area contributed by atoms with Gasteiger partial charge in [-0.25, -0.2) is 4.98 Å². The standard InChI is InChI=1S/C22H28N4O3/c1-15-5-7-17(8-6-15)29-18-9-10-19-20(13-18)26(11-4-12-28-3)21(25-19)14-24-16(2)22(23)27/h5-10,13,16,24H,4,11-12,14H2,1-3H3,(H2,23,27)/t16-/m0/s1. The van der Waals surface area contributed by atoms with Crippen LogP contribution in [0.25, 0.3) is 11.0 Å². The summed E-state index contributed by atoms with van der Waals surface area (Å²) in [5, 5.41) is 3.13. The van der Waals surface area contributed by atoms with E-state index in [2.05, 4.69) is 9.88 Å². The number of hydrogen-bond acceptors (Lipinski definition) is 5. The van der Waals surface area contributed by atoms with Crippen molar-refractivity contribution in [2.75, 3.05) is 13.7 Å². The van der Waals surface area contributed by atoms with Crippen molar-refractivity contribution in [3.05, 3.63) is 53.9 Å². The van der Waals surface area contributed by atoms with Gasteiger partial charge in [0.1, 0.15) is 17.3 Å². The Morgan fingerprint density at radius 2 is 1.93 bits per heavy atom. The summed E-state index contributed by atoms with van der Waals surface area (Å²) in [5.41, 5.74) is 8.40. The van der Waals surface area contributed by atoms with Crippen LogP contribution in [0.15, 0.2) is 42.5 Å². The number of ether oxygens (including phenoxy) is 2. The molecular formula is C22H28N4O3. The van der Waals surface area contributed by atoms with Gasteiger partial charge in [0.15, 0.2) is 0 Å². The Balaban J connectivity index is 1.88. The number of nitrogens with one attached hydrogen (secondary N) is 1. The van der Waals surface area contributed by atoms with E-state index in [4.69, 9.17) is 20.2 Å². The zero-order valence-corrected chi connectivity index (χ0v) is 17.1. The van der Waals surface area contributed by atoms with Crippen LogP contribution in [0.4, 0.5) is 0 Å². The topological polar surface area (TPSA) is 91.4 Å². The maximum Gasteiger partial charge on any atom is 0.234 e. The van der Waals surface area contributed by atoms with E-state index >= 15 is 0 Å². The maximum atomic E-state index is 11.3. The van der Waals surface area contributed by atoms with Crippen molar-refractivity contribution in [2.24, 2.45) is 5.73 Å². The highest BCUT2D eigenvalue weighted by atomic mass is 16.5. The third-order valence-corrected chi connectivity index (χ3v) is 4.78. The number of imidazole rings is 1. The average molecular weight is 396 g/mol. The summed E-state index contributed by atoms with van der Waals surface area (Å²) in [6, 6.07) is 13.4. The fourth-order valence-electron chi connectivity index (χ4n) is 3.05. The summed E-state index contributed by atoms with van der Waals surface area (Å²) in [6.45, 7) is 5.64. The largest absolute Gasteiger partial charge is 0.457 e. The van der Waals surface area contributed by atoms with Crippen molar-refractivity contribution in [3.8, 4) is 11.5 Å². The number of nitrogens with zero attached hydrogens (tertiary/aromatic N) is 2. The fraction of sp³-hybridized carbons (Fsp3) is 0.364. The van der Waals surface area contributed by atoms with Gasteiger partial charge >= 0.3 is 0 Å². The van der Waals surface area contributed by atoms with Gasteiger partial charge in [-0.1, -0.05) is 17.7 Å². The van der Waals surface area contributed by atoms with E-state index in [1.807, 2.05) is 49.4 Å². The third kappa shape index (κ3) is 5.34. The highest BCUT2D eigenvalue weighted by molar-refractivity contribution is 5.79. The molecule has 7 heteroatoms. The molecule has 2 aromatic carbocycles. The molecule has 0 saturated carbocycles. The van der Waals surface area contributed by atoms with Gasteiger partial charge in [0, 0.05) is 26.3 Å². The fourth-order valence-corrected chi connectivity index (χ4v) is 3.05. The normalized spacial score (nSPS) is 12.2. The van der Waals surface area contributed by atoms with E-state index in [0.717, 1.165) is 41.3 Å². The molecule has 0 radical (unpaired) electrons. The van der Waals surface area contributed by atoms with E-state index in [9.17, 15) is 4.79 Å². The zero-order chi connectivity index (χ0) is 20.8. The molecule has 0 aliphatic heterocycles. The van der Waals surface area contributed by atoms with E-state index in [1.54, 1.807) is 14.0 Å². The first-order chi connectivity index (χ1) is 14.0. The Morgan fingerprint density at radius 1 is 1.21 bits per heavy atom. The molecule has 3 aromatic rings. The quantitative estimate of drug-likeness (QED) is 0.514. The summed E-state index contributed by atoms with van der Waals surface area (Å²) in [4.78, 5) is 16.1. The number of methoxy groups -OCH3 is 1. The minimum atomic E-state index is -0.428. The molecule has 3 rings (SSSR count). The molecule has 0 aliphatic carbocycles. The zero-order valence-electron chi connectivity index (χ0n) is 17.1. The molecule has 154 valence electrons. The van der Waals surface area contributed by atoms with Crippen LogP contribution in [0.3, 0.4) is 0 Å². The van der Waals surface area contributed by atoms with Gasteiger partial charge in [-0.15, -0.1) is 0 Å². The molecule has 29 heavy (non-hydrogen) atoms. The first-order valence-electron chi connectivity index (χ1n) is 9.73. The number of aromatic nitrogens is 2.